The molecule has 37 heavy (non-hydrogen) atoms. The highest BCUT2D eigenvalue weighted by Crippen LogP contribution is 2.31. The van der Waals surface area contributed by atoms with Crippen LogP contribution < -0.4 is 15.2 Å². The smallest absolute Gasteiger partial charge is 0.410 e. The second-order valence-electron chi connectivity index (χ2n) is 10.1. The maximum atomic E-state index is 12.3. The summed E-state index contributed by atoms with van der Waals surface area (Å²) in [4.78, 5) is 18.6. The van der Waals surface area contributed by atoms with Crippen molar-refractivity contribution in [1.29, 1.82) is 5.26 Å². The van der Waals surface area contributed by atoms with E-state index in [2.05, 4.69) is 11.1 Å². The molecule has 1 aromatic heterocycles. The molecule has 9 heteroatoms. The maximum absolute atomic E-state index is 12.3. The predicted octanol–water partition coefficient (Wildman–Crippen LogP) is 6.55. The van der Waals surface area contributed by atoms with Crippen molar-refractivity contribution in [2.45, 2.75) is 45.6 Å². The van der Waals surface area contributed by atoms with Gasteiger partial charge in [-0.3, -0.25) is 0 Å². The van der Waals surface area contributed by atoms with Crippen LogP contribution >= 0.6 is 11.6 Å². The molecule has 1 fully saturated rings. The highest BCUT2D eigenvalue weighted by molar-refractivity contribution is 6.33. The lowest BCUT2D eigenvalue weighted by Crippen LogP contribution is -2.41. The van der Waals surface area contributed by atoms with E-state index in [0.29, 0.717) is 64.8 Å². The Bertz CT molecular complexity index is 1320. The van der Waals surface area contributed by atoms with E-state index in [1.165, 1.54) is 0 Å². The lowest BCUT2D eigenvalue weighted by atomic mass is 9.94. The van der Waals surface area contributed by atoms with Crippen LogP contribution in [-0.4, -0.2) is 41.3 Å². The van der Waals surface area contributed by atoms with E-state index < -0.39 is 5.60 Å². The van der Waals surface area contributed by atoms with Crippen LogP contribution in [0.2, 0.25) is 5.02 Å². The first-order valence-corrected chi connectivity index (χ1v) is 12.7. The SMILES string of the molecule is CC(C)(C)OC(=O)N1CCC(CCOc2cc3nc(Oc4ccc(N)c(Cl)c4)ccc3cc2C#N)CC1. The van der Waals surface area contributed by atoms with Crippen molar-refractivity contribution in [1.82, 2.24) is 9.88 Å². The Balaban J connectivity index is 1.36. The van der Waals surface area contributed by atoms with Crippen LogP contribution in [0.1, 0.15) is 45.6 Å². The minimum Gasteiger partial charge on any atom is -0.492 e. The number of nitriles is 1. The average Bonchev–Trinajstić information content (AvgIpc) is 2.85. The molecule has 2 heterocycles. The first-order chi connectivity index (χ1) is 17.6. The Morgan fingerprint density at radius 2 is 1.95 bits per heavy atom. The van der Waals surface area contributed by atoms with Crippen molar-refractivity contribution in [3.05, 3.63) is 53.1 Å². The molecule has 194 valence electrons. The van der Waals surface area contributed by atoms with Gasteiger partial charge >= 0.3 is 6.09 Å². The molecule has 0 unspecified atom stereocenters. The third-order valence-electron chi connectivity index (χ3n) is 6.13. The number of piperidine rings is 1. The number of benzene rings is 2. The van der Waals surface area contributed by atoms with E-state index in [-0.39, 0.29) is 6.09 Å². The molecule has 0 spiro atoms. The van der Waals surface area contributed by atoms with Crippen LogP contribution in [0.5, 0.6) is 17.4 Å². The van der Waals surface area contributed by atoms with Crippen LogP contribution in [0.4, 0.5) is 10.5 Å². The number of carbonyl (C=O) groups is 1. The van der Waals surface area contributed by atoms with Gasteiger partial charge in [0.1, 0.15) is 23.2 Å². The summed E-state index contributed by atoms with van der Waals surface area (Å²) in [5.74, 6) is 1.84. The fourth-order valence-corrected chi connectivity index (χ4v) is 4.33. The van der Waals surface area contributed by atoms with Crippen molar-refractivity contribution >= 4 is 34.3 Å². The molecule has 0 saturated carbocycles. The number of carbonyl (C=O) groups excluding carboxylic acids is 1. The van der Waals surface area contributed by atoms with E-state index in [9.17, 15) is 10.1 Å². The van der Waals surface area contributed by atoms with Gasteiger partial charge in [-0.2, -0.15) is 5.26 Å². The first-order valence-electron chi connectivity index (χ1n) is 12.3. The van der Waals surface area contributed by atoms with Crippen LogP contribution in [0.25, 0.3) is 10.9 Å². The Morgan fingerprint density at radius 3 is 2.62 bits per heavy atom. The number of likely N-dealkylation sites (tertiary alicyclic amines) is 1. The number of nitrogens with two attached hydrogens (primary N) is 1. The van der Waals surface area contributed by atoms with E-state index in [1.807, 2.05) is 26.8 Å². The van der Waals surface area contributed by atoms with Gasteiger partial charge in [0.25, 0.3) is 0 Å². The number of hydrogen-bond donors (Lipinski definition) is 1. The second kappa shape index (κ2) is 11.1. The lowest BCUT2D eigenvalue weighted by molar-refractivity contribution is 0.0177. The molecule has 3 aromatic rings. The van der Waals surface area contributed by atoms with Crippen LogP contribution in [-0.2, 0) is 4.74 Å². The van der Waals surface area contributed by atoms with Crippen molar-refractivity contribution < 1.29 is 19.0 Å². The number of anilines is 1. The maximum Gasteiger partial charge on any atom is 0.410 e. The standard InChI is InChI=1S/C28H31ClN4O4/c1-28(2,3)37-27(34)33-11-8-18(9-12-33)10-13-35-25-16-24-19(14-20(25)17-30)4-7-26(32-24)36-21-5-6-23(31)22(29)15-21/h4-7,14-16,18H,8-13,31H2,1-3H3. The third-order valence-corrected chi connectivity index (χ3v) is 6.46. The van der Waals surface area contributed by atoms with Crippen LogP contribution in [0.3, 0.4) is 0 Å². The highest BCUT2D eigenvalue weighted by Gasteiger charge is 2.26. The Labute approximate surface area is 221 Å². The zero-order valence-electron chi connectivity index (χ0n) is 21.3. The molecule has 1 saturated heterocycles. The number of aromatic nitrogens is 1. The van der Waals surface area contributed by atoms with Gasteiger partial charge in [0.05, 0.1) is 28.4 Å². The summed E-state index contributed by atoms with van der Waals surface area (Å²) in [6, 6.07) is 14.3. The van der Waals surface area contributed by atoms with Crippen molar-refractivity contribution in [2.75, 3.05) is 25.4 Å². The number of nitrogens with zero attached hydrogens (tertiary/aromatic N) is 3. The summed E-state index contributed by atoms with van der Waals surface area (Å²) in [7, 11) is 0. The summed E-state index contributed by atoms with van der Waals surface area (Å²) in [5.41, 5.74) is 6.84. The molecule has 0 bridgehead atoms. The molecule has 0 aliphatic carbocycles. The molecule has 1 aliphatic rings. The topological polar surface area (TPSA) is 111 Å². The van der Waals surface area contributed by atoms with Gasteiger partial charge < -0.3 is 24.8 Å². The summed E-state index contributed by atoms with van der Waals surface area (Å²) < 4.78 is 17.3. The third kappa shape index (κ3) is 6.95. The van der Waals surface area contributed by atoms with Gasteiger partial charge in [0.2, 0.25) is 5.88 Å². The predicted molar refractivity (Wildman–Crippen MR) is 143 cm³/mol. The minimum atomic E-state index is -0.494. The van der Waals surface area contributed by atoms with Gasteiger partial charge in [-0.1, -0.05) is 11.6 Å². The Kier molecular flexibility index (Phi) is 7.94. The number of fused-ring (bicyclic) bond motifs is 1. The molecule has 0 radical (unpaired) electrons. The number of hydrogen-bond acceptors (Lipinski definition) is 7. The molecular formula is C28H31ClN4O4. The zero-order valence-corrected chi connectivity index (χ0v) is 22.0. The zero-order chi connectivity index (χ0) is 26.6. The molecular weight excluding hydrogens is 492 g/mol. The second-order valence-corrected chi connectivity index (χ2v) is 10.5. The molecule has 1 amide bonds. The van der Waals surface area contributed by atoms with Crippen LogP contribution in [0, 0.1) is 17.2 Å². The first kappa shape index (κ1) is 26.4. The average molecular weight is 523 g/mol. The fraction of sp³-hybridized carbons (Fsp3) is 0.393. The van der Waals surface area contributed by atoms with Crippen molar-refractivity contribution in [3.8, 4) is 23.4 Å². The number of nitrogen functional groups attached to an aromatic ring is 1. The van der Waals surface area contributed by atoms with E-state index in [1.54, 1.807) is 41.3 Å². The Morgan fingerprint density at radius 1 is 1.19 bits per heavy atom. The van der Waals surface area contributed by atoms with Gasteiger partial charge in [-0.25, -0.2) is 9.78 Å². The number of halogens is 1. The monoisotopic (exact) mass is 522 g/mol. The minimum absolute atomic E-state index is 0.257. The number of amides is 1. The van der Waals surface area contributed by atoms with E-state index in [0.717, 1.165) is 24.6 Å². The molecule has 2 aromatic carbocycles. The summed E-state index contributed by atoms with van der Waals surface area (Å²) in [6.45, 7) is 7.43. The summed E-state index contributed by atoms with van der Waals surface area (Å²) >= 11 is 6.08. The van der Waals surface area contributed by atoms with Crippen LogP contribution in [0.15, 0.2) is 42.5 Å². The van der Waals surface area contributed by atoms with Gasteiger partial charge in [-0.15, -0.1) is 0 Å². The normalized spacial score (nSPS) is 14.3. The van der Waals surface area contributed by atoms with Gasteiger partial charge in [-0.05, 0) is 70.2 Å². The number of rotatable bonds is 6. The number of ether oxygens (including phenoxy) is 3. The molecule has 2 N–H and O–H groups in total. The van der Waals surface area contributed by atoms with E-state index >= 15 is 0 Å². The summed E-state index contributed by atoms with van der Waals surface area (Å²) in [6.07, 6.45) is 2.36. The van der Waals surface area contributed by atoms with Crippen molar-refractivity contribution in [2.24, 2.45) is 5.92 Å². The van der Waals surface area contributed by atoms with Crippen molar-refractivity contribution in [3.63, 3.8) is 0 Å². The highest BCUT2D eigenvalue weighted by atomic mass is 35.5. The van der Waals surface area contributed by atoms with Gasteiger partial charge in [0.15, 0.2) is 0 Å². The fourth-order valence-electron chi connectivity index (χ4n) is 4.16. The lowest BCUT2D eigenvalue weighted by Gasteiger charge is -2.33. The molecule has 8 nitrogen and oxygen atoms in total. The quantitative estimate of drug-likeness (QED) is 0.365. The van der Waals surface area contributed by atoms with E-state index in [4.69, 9.17) is 31.5 Å². The largest absolute Gasteiger partial charge is 0.492 e. The molecule has 1 aliphatic heterocycles. The number of pyridine rings is 1. The molecule has 4 rings (SSSR count). The van der Waals surface area contributed by atoms with Gasteiger partial charge in [0, 0.05) is 36.7 Å². The summed E-state index contributed by atoms with van der Waals surface area (Å²) in [5, 5.41) is 10.9. The Hall–Kier alpha value is -3.70. The molecule has 0 atom stereocenters.